The first-order valence-corrected chi connectivity index (χ1v) is 9.96. The summed E-state index contributed by atoms with van der Waals surface area (Å²) >= 11 is 0. The van der Waals surface area contributed by atoms with Gasteiger partial charge in [-0.15, -0.1) is 0 Å². The number of carbonyl (C=O) groups excluding carboxylic acids is 1. The minimum absolute atomic E-state index is 0.0271. The van der Waals surface area contributed by atoms with Gasteiger partial charge in [0.05, 0.1) is 10.8 Å². The minimum atomic E-state index is -0.437. The van der Waals surface area contributed by atoms with Crippen molar-refractivity contribution in [3.05, 3.63) is 118 Å². The third kappa shape index (κ3) is 4.28. The van der Waals surface area contributed by atoms with Crippen LogP contribution in [0.25, 0.3) is 6.08 Å². The average molecular weight is 411 g/mol. The Balaban J connectivity index is 1.43. The summed E-state index contributed by atoms with van der Waals surface area (Å²) in [7, 11) is 0. The largest absolute Gasteiger partial charge is 0.273 e. The van der Waals surface area contributed by atoms with Crippen molar-refractivity contribution >= 4 is 23.9 Å². The number of hydrazone groups is 1. The van der Waals surface area contributed by atoms with E-state index in [1.165, 1.54) is 18.3 Å². The number of amides is 1. The molecular formula is C25H21N3O3. The Hall–Kier alpha value is -4.06. The summed E-state index contributed by atoms with van der Waals surface area (Å²) in [5.74, 6) is -0.331. The number of benzene rings is 3. The highest BCUT2D eigenvalue weighted by atomic mass is 16.6. The molecule has 0 heterocycles. The molecule has 1 aliphatic carbocycles. The predicted octanol–water partition coefficient (Wildman–Crippen LogP) is 4.72. The molecule has 3 aromatic rings. The molecule has 0 spiro atoms. The van der Waals surface area contributed by atoms with Gasteiger partial charge < -0.3 is 0 Å². The average Bonchev–Trinajstić information content (AvgIpc) is 3.57. The zero-order valence-electron chi connectivity index (χ0n) is 16.7. The number of carbonyl (C=O) groups is 1. The van der Waals surface area contributed by atoms with Gasteiger partial charge in [-0.2, -0.15) is 5.10 Å². The van der Waals surface area contributed by atoms with E-state index in [4.69, 9.17) is 0 Å². The SMILES string of the molecule is O=C(N/N=C\C=C\c1cccc([N+](=O)[O-])c1)[C@@H]1CC1(c1ccccc1)c1ccccc1. The summed E-state index contributed by atoms with van der Waals surface area (Å²) in [5.41, 5.74) is 5.24. The Morgan fingerprint density at radius 3 is 2.26 bits per heavy atom. The number of non-ortho nitro benzene ring substituents is 1. The Labute approximate surface area is 180 Å². The maximum Gasteiger partial charge on any atom is 0.270 e. The lowest BCUT2D eigenvalue weighted by atomic mass is 9.85. The molecule has 154 valence electrons. The molecule has 6 heteroatoms. The van der Waals surface area contributed by atoms with Crippen molar-refractivity contribution in [2.24, 2.45) is 11.0 Å². The molecule has 0 radical (unpaired) electrons. The van der Waals surface area contributed by atoms with Crippen molar-refractivity contribution in [2.75, 3.05) is 0 Å². The molecule has 1 fully saturated rings. The molecular weight excluding hydrogens is 390 g/mol. The number of hydrogen-bond acceptors (Lipinski definition) is 4. The van der Waals surface area contributed by atoms with Crippen LogP contribution in [0.4, 0.5) is 5.69 Å². The number of nitrogens with zero attached hydrogens (tertiary/aromatic N) is 2. The monoisotopic (exact) mass is 411 g/mol. The van der Waals surface area contributed by atoms with Crippen LogP contribution in [0.5, 0.6) is 0 Å². The normalized spacial score (nSPS) is 17.0. The zero-order valence-corrected chi connectivity index (χ0v) is 16.7. The standard InChI is InChI=1S/C25H21N3O3/c29-24(27-26-16-8-10-19-9-7-15-22(17-19)28(30)31)23-18-25(23,20-11-3-1-4-12-20)21-13-5-2-6-14-21/h1-17,23H,18H2,(H,27,29)/b10-8+,26-16-/t23-/m0/s1. The maximum absolute atomic E-state index is 12.8. The Morgan fingerprint density at radius 1 is 1.00 bits per heavy atom. The van der Waals surface area contributed by atoms with Crippen LogP contribution in [0.1, 0.15) is 23.1 Å². The van der Waals surface area contributed by atoms with Crippen molar-refractivity contribution in [1.29, 1.82) is 0 Å². The number of hydrogen-bond donors (Lipinski definition) is 1. The molecule has 4 rings (SSSR count). The Morgan fingerprint density at radius 2 is 1.65 bits per heavy atom. The van der Waals surface area contributed by atoms with E-state index < -0.39 is 4.92 Å². The number of nitrogens with one attached hydrogen (secondary N) is 1. The van der Waals surface area contributed by atoms with Crippen molar-refractivity contribution in [1.82, 2.24) is 5.43 Å². The number of nitro benzene ring substituents is 1. The highest BCUT2D eigenvalue weighted by Crippen LogP contribution is 2.58. The van der Waals surface area contributed by atoms with Gasteiger partial charge in [-0.3, -0.25) is 14.9 Å². The fraction of sp³-hybridized carbons (Fsp3) is 0.120. The van der Waals surface area contributed by atoms with Gasteiger partial charge in [-0.05, 0) is 29.2 Å². The summed E-state index contributed by atoms with van der Waals surface area (Å²) in [6.45, 7) is 0. The Bertz CT molecular complexity index is 1100. The van der Waals surface area contributed by atoms with Crippen molar-refractivity contribution in [2.45, 2.75) is 11.8 Å². The molecule has 0 saturated heterocycles. The van der Waals surface area contributed by atoms with Crippen LogP contribution in [-0.2, 0) is 10.2 Å². The highest BCUT2D eigenvalue weighted by Gasteiger charge is 2.60. The van der Waals surface area contributed by atoms with Crippen LogP contribution < -0.4 is 5.43 Å². The summed E-state index contributed by atoms with van der Waals surface area (Å²) in [6.07, 6.45) is 5.52. The van der Waals surface area contributed by atoms with Gasteiger partial charge in [0.2, 0.25) is 5.91 Å². The summed E-state index contributed by atoms with van der Waals surface area (Å²) in [4.78, 5) is 23.2. The third-order valence-electron chi connectivity index (χ3n) is 5.56. The topological polar surface area (TPSA) is 84.6 Å². The van der Waals surface area contributed by atoms with Gasteiger partial charge in [0.15, 0.2) is 0 Å². The second-order valence-electron chi connectivity index (χ2n) is 7.43. The van der Waals surface area contributed by atoms with Gasteiger partial charge in [0.1, 0.15) is 0 Å². The molecule has 6 nitrogen and oxygen atoms in total. The first-order valence-electron chi connectivity index (χ1n) is 9.96. The molecule has 31 heavy (non-hydrogen) atoms. The molecule has 0 aliphatic heterocycles. The molecule has 0 unspecified atom stereocenters. The zero-order chi connectivity index (χ0) is 21.7. The molecule has 0 bridgehead atoms. The van der Waals surface area contributed by atoms with E-state index in [1.54, 1.807) is 24.3 Å². The van der Waals surface area contributed by atoms with E-state index in [9.17, 15) is 14.9 Å². The van der Waals surface area contributed by atoms with E-state index in [0.717, 1.165) is 17.5 Å². The van der Waals surface area contributed by atoms with Crippen molar-refractivity contribution in [3.8, 4) is 0 Å². The maximum atomic E-state index is 12.8. The lowest BCUT2D eigenvalue weighted by Gasteiger charge is -2.18. The minimum Gasteiger partial charge on any atom is -0.273 e. The van der Waals surface area contributed by atoms with E-state index in [0.29, 0.717) is 5.56 Å². The van der Waals surface area contributed by atoms with Crippen molar-refractivity contribution < 1.29 is 9.72 Å². The summed E-state index contributed by atoms with van der Waals surface area (Å²) in [5, 5.41) is 14.9. The lowest BCUT2D eigenvalue weighted by molar-refractivity contribution is -0.384. The van der Waals surface area contributed by atoms with Gasteiger partial charge >= 0.3 is 0 Å². The van der Waals surface area contributed by atoms with Crippen LogP contribution in [-0.4, -0.2) is 17.0 Å². The number of nitro groups is 1. The fourth-order valence-electron chi connectivity index (χ4n) is 3.97. The second-order valence-corrected chi connectivity index (χ2v) is 7.43. The van der Waals surface area contributed by atoms with E-state index in [2.05, 4.69) is 34.8 Å². The second kappa shape index (κ2) is 8.75. The molecule has 0 aromatic heterocycles. The molecule has 1 saturated carbocycles. The highest BCUT2D eigenvalue weighted by molar-refractivity contribution is 5.87. The van der Waals surface area contributed by atoms with Crippen LogP contribution in [0.3, 0.4) is 0 Å². The number of allylic oxidation sites excluding steroid dienone is 1. The van der Waals surface area contributed by atoms with Crippen LogP contribution >= 0.6 is 0 Å². The van der Waals surface area contributed by atoms with Gasteiger partial charge in [-0.25, -0.2) is 5.43 Å². The van der Waals surface area contributed by atoms with Crippen LogP contribution in [0.2, 0.25) is 0 Å². The number of rotatable bonds is 7. The first kappa shape index (κ1) is 20.2. The van der Waals surface area contributed by atoms with Gasteiger partial charge in [-0.1, -0.05) is 78.9 Å². The molecule has 3 aromatic carbocycles. The summed E-state index contributed by atoms with van der Waals surface area (Å²) in [6, 6.07) is 26.4. The molecule has 1 atom stereocenters. The van der Waals surface area contributed by atoms with Crippen LogP contribution in [0, 0.1) is 16.0 Å². The summed E-state index contributed by atoms with van der Waals surface area (Å²) < 4.78 is 0. The van der Waals surface area contributed by atoms with Gasteiger partial charge in [0, 0.05) is 23.8 Å². The fourth-order valence-corrected chi connectivity index (χ4v) is 3.97. The van der Waals surface area contributed by atoms with E-state index in [1.807, 2.05) is 36.4 Å². The Kier molecular flexibility index (Phi) is 5.71. The van der Waals surface area contributed by atoms with Crippen molar-refractivity contribution in [3.63, 3.8) is 0 Å². The third-order valence-corrected chi connectivity index (χ3v) is 5.56. The predicted molar refractivity (Wildman–Crippen MR) is 121 cm³/mol. The van der Waals surface area contributed by atoms with E-state index in [-0.39, 0.29) is 22.9 Å². The smallest absolute Gasteiger partial charge is 0.270 e. The van der Waals surface area contributed by atoms with E-state index >= 15 is 0 Å². The quantitative estimate of drug-likeness (QED) is 0.347. The lowest BCUT2D eigenvalue weighted by Crippen LogP contribution is -2.25. The molecule has 1 amide bonds. The molecule has 1 aliphatic rings. The van der Waals surface area contributed by atoms with Gasteiger partial charge in [0.25, 0.3) is 5.69 Å². The van der Waals surface area contributed by atoms with Crippen LogP contribution in [0.15, 0.2) is 96.1 Å². The first-order chi connectivity index (χ1) is 15.1. The molecule has 1 N–H and O–H groups in total.